The highest BCUT2D eigenvalue weighted by molar-refractivity contribution is 6.00. The van der Waals surface area contributed by atoms with Gasteiger partial charge in [-0.05, 0) is 24.6 Å². The molecule has 9 heteroatoms. The summed E-state index contributed by atoms with van der Waals surface area (Å²) in [7, 11) is 3.09. The van der Waals surface area contributed by atoms with Gasteiger partial charge < -0.3 is 19.7 Å². The van der Waals surface area contributed by atoms with Crippen molar-refractivity contribution in [3.05, 3.63) is 65.7 Å². The number of carbonyl (C=O) groups is 2. The van der Waals surface area contributed by atoms with Gasteiger partial charge in [0.2, 0.25) is 11.8 Å². The van der Waals surface area contributed by atoms with Gasteiger partial charge in [-0.2, -0.15) is 5.10 Å². The van der Waals surface area contributed by atoms with Crippen molar-refractivity contribution < 1.29 is 19.1 Å². The number of aromatic amines is 1. The van der Waals surface area contributed by atoms with Crippen molar-refractivity contribution in [2.75, 3.05) is 25.7 Å². The molecule has 1 fully saturated rings. The smallest absolute Gasteiger partial charge is 0.227 e. The monoisotopic (exact) mass is 435 g/mol. The lowest BCUT2D eigenvalue weighted by atomic mass is 10.0. The van der Waals surface area contributed by atoms with Crippen LogP contribution in [0.4, 0.5) is 5.69 Å². The van der Waals surface area contributed by atoms with E-state index in [1.54, 1.807) is 37.1 Å². The first-order valence-electron chi connectivity index (χ1n) is 10.3. The highest BCUT2D eigenvalue weighted by Gasteiger charge is 2.37. The second-order valence-corrected chi connectivity index (χ2v) is 7.58. The van der Waals surface area contributed by atoms with Crippen LogP contribution in [0.3, 0.4) is 0 Å². The van der Waals surface area contributed by atoms with E-state index >= 15 is 0 Å². The minimum Gasteiger partial charge on any atom is -0.493 e. The quantitative estimate of drug-likeness (QED) is 0.590. The number of amides is 2. The molecule has 0 saturated carbocycles. The minimum absolute atomic E-state index is 0.120. The van der Waals surface area contributed by atoms with E-state index < -0.39 is 12.0 Å². The van der Waals surface area contributed by atoms with Gasteiger partial charge in [0, 0.05) is 24.7 Å². The molecule has 1 aliphatic heterocycles. The Morgan fingerprint density at radius 2 is 1.91 bits per heavy atom. The summed E-state index contributed by atoms with van der Waals surface area (Å²) in [6, 6.07) is 14.3. The number of carbonyl (C=O) groups excluding carboxylic acids is 2. The van der Waals surface area contributed by atoms with Crippen molar-refractivity contribution >= 4 is 17.5 Å². The van der Waals surface area contributed by atoms with Crippen molar-refractivity contribution in [3.8, 4) is 11.5 Å². The summed E-state index contributed by atoms with van der Waals surface area (Å²) in [6.45, 7) is 2.08. The van der Waals surface area contributed by atoms with Crippen molar-refractivity contribution in [2.24, 2.45) is 5.92 Å². The molecule has 0 spiro atoms. The minimum atomic E-state index is -0.515. The first-order valence-corrected chi connectivity index (χ1v) is 10.3. The zero-order valence-corrected chi connectivity index (χ0v) is 18.2. The number of aryl methyl sites for hydroxylation is 1. The van der Waals surface area contributed by atoms with E-state index in [1.165, 1.54) is 7.11 Å². The van der Waals surface area contributed by atoms with Crippen LogP contribution in [0.2, 0.25) is 0 Å². The number of nitrogens with one attached hydrogen (secondary N) is 2. The molecule has 0 bridgehead atoms. The summed E-state index contributed by atoms with van der Waals surface area (Å²) in [5.41, 5.74) is 1.52. The van der Waals surface area contributed by atoms with Gasteiger partial charge in [0.15, 0.2) is 17.3 Å². The lowest BCUT2D eigenvalue weighted by Gasteiger charge is -2.20. The molecule has 4 rings (SSSR count). The number of rotatable bonds is 7. The van der Waals surface area contributed by atoms with Crippen LogP contribution in [0.15, 0.2) is 48.5 Å². The van der Waals surface area contributed by atoms with Gasteiger partial charge in [0.1, 0.15) is 11.9 Å². The van der Waals surface area contributed by atoms with Gasteiger partial charge in [-0.1, -0.05) is 30.3 Å². The van der Waals surface area contributed by atoms with E-state index in [0.717, 1.165) is 5.56 Å². The molecule has 1 aliphatic rings. The summed E-state index contributed by atoms with van der Waals surface area (Å²) >= 11 is 0. The standard InChI is InChI=1S/C23H25N5O4/c1-14-24-22(27-26-14)21(15-7-5-4-6-8-15)25-23(30)16-11-20(29)28(13-16)17-9-10-18(31-2)19(12-17)32-3/h4-10,12,16,21H,11,13H2,1-3H3,(H,25,30)(H,24,26,27). The van der Waals surface area contributed by atoms with E-state index in [0.29, 0.717) is 28.8 Å². The van der Waals surface area contributed by atoms with Crippen molar-refractivity contribution in [3.63, 3.8) is 0 Å². The molecule has 2 N–H and O–H groups in total. The largest absolute Gasteiger partial charge is 0.493 e. The fourth-order valence-electron chi connectivity index (χ4n) is 3.82. The Hall–Kier alpha value is -3.88. The zero-order valence-electron chi connectivity index (χ0n) is 18.2. The average Bonchev–Trinajstić information content (AvgIpc) is 3.43. The molecule has 2 aromatic carbocycles. The first-order chi connectivity index (χ1) is 15.5. The average molecular weight is 435 g/mol. The number of nitrogens with zero attached hydrogens (tertiary/aromatic N) is 3. The van der Waals surface area contributed by atoms with Crippen LogP contribution in [0.1, 0.15) is 29.7 Å². The van der Waals surface area contributed by atoms with Crippen LogP contribution in [0, 0.1) is 12.8 Å². The van der Waals surface area contributed by atoms with Gasteiger partial charge in [0.25, 0.3) is 0 Å². The van der Waals surface area contributed by atoms with E-state index in [1.807, 2.05) is 30.3 Å². The third-order valence-electron chi connectivity index (χ3n) is 5.47. The molecular formula is C23H25N5O4. The Morgan fingerprint density at radius 3 is 2.56 bits per heavy atom. The zero-order chi connectivity index (χ0) is 22.7. The Bertz CT molecular complexity index is 1110. The Labute approximate surface area is 185 Å². The maximum atomic E-state index is 13.2. The Balaban J connectivity index is 1.53. The number of hydrogen-bond acceptors (Lipinski definition) is 6. The molecule has 32 heavy (non-hydrogen) atoms. The van der Waals surface area contributed by atoms with Gasteiger partial charge in [-0.3, -0.25) is 14.7 Å². The summed E-state index contributed by atoms with van der Waals surface area (Å²) in [5.74, 6) is 1.38. The first kappa shape index (κ1) is 21.4. The van der Waals surface area contributed by atoms with Gasteiger partial charge >= 0.3 is 0 Å². The van der Waals surface area contributed by atoms with E-state index in [-0.39, 0.29) is 24.8 Å². The SMILES string of the molecule is COc1ccc(N2CC(C(=O)NC(c3ccccc3)c3n[nH]c(C)n3)CC2=O)cc1OC. The van der Waals surface area contributed by atoms with Crippen LogP contribution < -0.4 is 19.7 Å². The van der Waals surface area contributed by atoms with Gasteiger partial charge in [-0.25, -0.2) is 4.98 Å². The molecule has 0 aliphatic carbocycles. The Kier molecular flexibility index (Phi) is 6.07. The third kappa shape index (κ3) is 4.27. The van der Waals surface area contributed by atoms with Crippen LogP contribution in [-0.2, 0) is 9.59 Å². The topological polar surface area (TPSA) is 109 Å². The number of ether oxygens (including phenoxy) is 2. The van der Waals surface area contributed by atoms with E-state index in [4.69, 9.17) is 9.47 Å². The highest BCUT2D eigenvalue weighted by Crippen LogP contribution is 2.34. The number of aromatic nitrogens is 3. The molecule has 2 unspecified atom stereocenters. The van der Waals surface area contributed by atoms with E-state index in [2.05, 4.69) is 20.5 Å². The number of anilines is 1. The molecule has 2 atom stereocenters. The van der Waals surface area contributed by atoms with Crippen molar-refractivity contribution in [2.45, 2.75) is 19.4 Å². The van der Waals surface area contributed by atoms with Crippen molar-refractivity contribution in [1.82, 2.24) is 20.5 Å². The van der Waals surface area contributed by atoms with Crippen LogP contribution in [0.25, 0.3) is 0 Å². The van der Waals surface area contributed by atoms with Crippen molar-refractivity contribution in [1.29, 1.82) is 0 Å². The predicted octanol–water partition coefficient (Wildman–Crippen LogP) is 2.39. The lowest BCUT2D eigenvalue weighted by Crippen LogP contribution is -2.36. The maximum Gasteiger partial charge on any atom is 0.227 e. The molecule has 2 amide bonds. The lowest BCUT2D eigenvalue weighted by molar-refractivity contribution is -0.126. The van der Waals surface area contributed by atoms with Crippen LogP contribution in [0.5, 0.6) is 11.5 Å². The van der Waals surface area contributed by atoms with Gasteiger partial charge in [0.05, 0.1) is 20.1 Å². The molecule has 166 valence electrons. The summed E-state index contributed by atoms with van der Waals surface area (Å²) < 4.78 is 10.6. The fourth-order valence-corrected chi connectivity index (χ4v) is 3.82. The van der Waals surface area contributed by atoms with Crippen LogP contribution >= 0.6 is 0 Å². The normalized spacial score (nSPS) is 16.7. The molecule has 1 aromatic heterocycles. The fraction of sp³-hybridized carbons (Fsp3) is 0.304. The maximum absolute atomic E-state index is 13.2. The summed E-state index contributed by atoms with van der Waals surface area (Å²) in [5, 5.41) is 10.1. The summed E-state index contributed by atoms with van der Waals surface area (Å²) in [6.07, 6.45) is 0.120. The number of hydrogen-bond donors (Lipinski definition) is 2. The molecule has 0 radical (unpaired) electrons. The highest BCUT2D eigenvalue weighted by atomic mass is 16.5. The molecule has 1 saturated heterocycles. The molecule has 2 heterocycles. The predicted molar refractivity (Wildman–Crippen MR) is 118 cm³/mol. The molecular weight excluding hydrogens is 410 g/mol. The second kappa shape index (κ2) is 9.09. The molecule has 3 aromatic rings. The molecule has 9 nitrogen and oxygen atoms in total. The Morgan fingerprint density at radius 1 is 1.16 bits per heavy atom. The number of H-pyrrole nitrogens is 1. The van der Waals surface area contributed by atoms with E-state index in [9.17, 15) is 9.59 Å². The number of methoxy groups -OCH3 is 2. The van der Waals surface area contributed by atoms with Crippen LogP contribution in [-0.4, -0.2) is 47.8 Å². The second-order valence-electron chi connectivity index (χ2n) is 7.58. The summed E-state index contributed by atoms with van der Waals surface area (Å²) in [4.78, 5) is 31.9. The third-order valence-corrected chi connectivity index (χ3v) is 5.47. The van der Waals surface area contributed by atoms with Gasteiger partial charge in [-0.15, -0.1) is 0 Å². The number of benzene rings is 2.